The van der Waals surface area contributed by atoms with E-state index in [0.717, 1.165) is 12.1 Å². The molecular weight excluding hydrogens is 297 g/mol. The Morgan fingerprint density at radius 2 is 1.81 bits per heavy atom. The molecular formula is C14H18FNO4S. The lowest BCUT2D eigenvalue weighted by Crippen LogP contribution is -2.38. The Morgan fingerprint density at radius 1 is 1.24 bits per heavy atom. The Hall–Kier alpha value is -1.47. The van der Waals surface area contributed by atoms with Crippen LogP contribution in [0, 0.1) is 11.7 Å². The summed E-state index contributed by atoms with van der Waals surface area (Å²) in [4.78, 5) is 10.6. The van der Waals surface area contributed by atoms with Crippen LogP contribution in [0.2, 0.25) is 0 Å². The number of carbonyl (C=O) groups is 1. The molecule has 0 radical (unpaired) electrons. The molecule has 0 spiro atoms. The maximum atomic E-state index is 12.9. The average molecular weight is 315 g/mol. The molecule has 1 saturated heterocycles. The molecule has 0 aromatic heterocycles. The summed E-state index contributed by atoms with van der Waals surface area (Å²) >= 11 is 0. The number of sulfonamides is 1. The lowest BCUT2D eigenvalue weighted by molar-refractivity contribution is -0.137. The monoisotopic (exact) mass is 315 g/mol. The molecule has 5 nitrogen and oxygen atoms in total. The minimum absolute atomic E-state index is 0.0906. The quantitative estimate of drug-likeness (QED) is 0.903. The number of rotatable bonds is 5. The first kappa shape index (κ1) is 15.9. The summed E-state index contributed by atoms with van der Waals surface area (Å²) in [6, 6.07) is 4.79. The van der Waals surface area contributed by atoms with E-state index >= 15 is 0 Å². The minimum atomic E-state index is -3.58. The molecule has 0 amide bonds. The maximum absolute atomic E-state index is 12.9. The number of hydrogen-bond donors (Lipinski definition) is 1. The fourth-order valence-corrected chi connectivity index (χ4v) is 3.99. The highest BCUT2D eigenvalue weighted by atomic mass is 32.2. The van der Waals surface area contributed by atoms with Crippen LogP contribution in [0.3, 0.4) is 0 Å². The number of piperidine rings is 1. The zero-order chi connectivity index (χ0) is 15.5. The van der Waals surface area contributed by atoms with Crippen molar-refractivity contribution < 1.29 is 22.7 Å². The fraction of sp³-hybridized carbons (Fsp3) is 0.500. The number of nitrogens with zero attached hydrogens (tertiary/aromatic N) is 1. The van der Waals surface area contributed by atoms with Gasteiger partial charge in [-0.3, -0.25) is 4.79 Å². The highest BCUT2D eigenvalue weighted by molar-refractivity contribution is 7.89. The van der Waals surface area contributed by atoms with Gasteiger partial charge in [0.1, 0.15) is 5.82 Å². The second-order valence-electron chi connectivity index (χ2n) is 5.23. The van der Waals surface area contributed by atoms with Gasteiger partial charge in [-0.1, -0.05) is 0 Å². The highest BCUT2D eigenvalue weighted by Crippen LogP contribution is 2.26. The Morgan fingerprint density at radius 3 is 2.33 bits per heavy atom. The van der Waals surface area contributed by atoms with Gasteiger partial charge in [-0.25, -0.2) is 12.8 Å². The zero-order valence-corrected chi connectivity index (χ0v) is 12.4. The van der Waals surface area contributed by atoms with Crippen LogP contribution >= 0.6 is 0 Å². The summed E-state index contributed by atoms with van der Waals surface area (Å²) in [6.07, 6.45) is 2.02. The van der Waals surface area contributed by atoms with Crippen LogP contribution in [0.15, 0.2) is 29.2 Å². The number of carboxylic acids is 1. The molecule has 1 aliphatic rings. The van der Waals surface area contributed by atoms with Crippen molar-refractivity contribution >= 4 is 16.0 Å². The van der Waals surface area contributed by atoms with Gasteiger partial charge >= 0.3 is 5.97 Å². The summed E-state index contributed by atoms with van der Waals surface area (Å²) in [6.45, 7) is 0.758. The number of benzene rings is 1. The number of aliphatic carboxylic acids is 1. The standard InChI is InChI=1S/C14H18FNO4S/c15-12-2-4-13(5-3-12)21(19,20)16-9-7-11(8-10-16)1-6-14(17)18/h2-5,11H,1,6-10H2,(H,17,18). The van der Waals surface area contributed by atoms with E-state index in [1.807, 2.05) is 0 Å². The van der Waals surface area contributed by atoms with E-state index in [0.29, 0.717) is 32.4 Å². The topological polar surface area (TPSA) is 74.7 Å². The first-order valence-corrected chi connectivity index (χ1v) is 8.31. The molecule has 1 aromatic carbocycles. The smallest absolute Gasteiger partial charge is 0.303 e. The number of halogens is 1. The summed E-state index contributed by atoms with van der Waals surface area (Å²) in [5, 5.41) is 8.66. The predicted molar refractivity (Wildman–Crippen MR) is 74.8 cm³/mol. The lowest BCUT2D eigenvalue weighted by Gasteiger charge is -2.31. The average Bonchev–Trinajstić information content (AvgIpc) is 2.46. The van der Waals surface area contributed by atoms with Gasteiger partial charge in [0.25, 0.3) is 0 Å². The third-order valence-electron chi connectivity index (χ3n) is 3.79. The van der Waals surface area contributed by atoms with E-state index in [-0.39, 0.29) is 17.2 Å². The lowest BCUT2D eigenvalue weighted by atomic mass is 9.93. The van der Waals surface area contributed by atoms with Crippen LogP contribution in [0.5, 0.6) is 0 Å². The normalized spacial score (nSPS) is 17.8. The summed E-state index contributed by atoms with van der Waals surface area (Å²) in [5.74, 6) is -1.04. The van der Waals surface area contributed by atoms with Crippen LogP contribution < -0.4 is 0 Å². The van der Waals surface area contributed by atoms with Gasteiger partial charge in [-0.05, 0) is 49.4 Å². The molecule has 1 aromatic rings. The van der Waals surface area contributed by atoms with Crippen molar-refractivity contribution in [3.8, 4) is 0 Å². The van der Waals surface area contributed by atoms with E-state index in [2.05, 4.69) is 0 Å². The Kier molecular flexibility index (Phi) is 4.95. The SMILES string of the molecule is O=C(O)CCC1CCN(S(=O)(=O)c2ccc(F)cc2)CC1. The van der Waals surface area contributed by atoms with Crippen molar-refractivity contribution in [2.75, 3.05) is 13.1 Å². The number of hydrogen-bond acceptors (Lipinski definition) is 3. The van der Waals surface area contributed by atoms with Crippen molar-refractivity contribution in [2.45, 2.75) is 30.6 Å². The van der Waals surface area contributed by atoms with Crippen LogP contribution in [0.4, 0.5) is 4.39 Å². The molecule has 116 valence electrons. The first-order chi connectivity index (χ1) is 9.89. The molecule has 0 aliphatic carbocycles. The Bertz CT molecular complexity index is 592. The van der Waals surface area contributed by atoms with Gasteiger partial charge in [-0.15, -0.1) is 0 Å². The van der Waals surface area contributed by atoms with Gasteiger partial charge < -0.3 is 5.11 Å². The summed E-state index contributed by atoms with van der Waals surface area (Å²) in [5.41, 5.74) is 0. The van der Waals surface area contributed by atoms with E-state index in [1.165, 1.54) is 16.4 Å². The van der Waals surface area contributed by atoms with Crippen molar-refractivity contribution in [1.82, 2.24) is 4.31 Å². The van der Waals surface area contributed by atoms with Crippen LogP contribution in [0.25, 0.3) is 0 Å². The van der Waals surface area contributed by atoms with E-state index in [1.54, 1.807) is 0 Å². The van der Waals surface area contributed by atoms with Gasteiger partial charge in [0.05, 0.1) is 4.90 Å². The van der Waals surface area contributed by atoms with E-state index < -0.39 is 21.8 Å². The van der Waals surface area contributed by atoms with Gasteiger partial charge in [0.15, 0.2) is 0 Å². The molecule has 1 N–H and O–H groups in total. The van der Waals surface area contributed by atoms with Crippen LogP contribution in [-0.4, -0.2) is 36.9 Å². The van der Waals surface area contributed by atoms with Crippen LogP contribution in [-0.2, 0) is 14.8 Å². The molecule has 7 heteroatoms. The van der Waals surface area contributed by atoms with E-state index in [4.69, 9.17) is 5.11 Å². The molecule has 2 rings (SSSR count). The van der Waals surface area contributed by atoms with Crippen molar-refractivity contribution in [2.24, 2.45) is 5.92 Å². The van der Waals surface area contributed by atoms with Crippen LogP contribution in [0.1, 0.15) is 25.7 Å². The van der Waals surface area contributed by atoms with Gasteiger partial charge in [0, 0.05) is 19.5 Å². The Balaban J connectivity index is 1.97. The zero-order valence-electron chi connectivity index (χ0n) is 11.5. The second kappa shape index (κ2) is 6.53. The van der Waals surface area contributed by atoms with Crippen molar-refractivity contribution in [3.63, 3.8) is 0 Å². The molecule has 0 saturated carbocycles. The molecule has 0 bridgehead atoms. The summed E-state index contributed by atoms with van der Waals surface area (Å²) < 4.78 is 39.0. The second-order valence-corrected chi connectivity index (χ2v) is 7.17. The van der Waals surface area contributed by atoms with E-state index in [9.17, 15) is 17.6 Å². The molecule has 21 heavy (non-hydrogen) atoms. The molecule has 1 heterocycles. The minimum Gasteiger partial charge on any atom is -0.481 e. The highest BCUT2D eigenvalue weighted by Gasteiger charge is 2.29. The molecule has 0 unspecified atom stereocenters. The molecule has 0 atom stereocenters. The fourth-order valence-electron chi connectivity index (χ4n) is 2.52. The molecule has 1 aliphatic heterocycles. The number of carboxylic acid groups (broad SMARTS) is 1. The van der Waals surface area contributed by atoms with Crippen molar-refractivity contribution in [3.05, 3.63) is 30.1 Å². The predicted octanol–water partition coefficient (Wildman–Crippen LogP) is 2.09. The first-order valence-electron chi connectivity index (χ1n) is 6.87. The molecule has 1 fully saturated rings. The third kappa shape index (κ3) is 4.01. The van der Waals surface area contributed by atoms with Gasteiger partial charge in [0.2, 0.25) is 10.0 Å². The largest absolute Gasteiger partial charge is 0.481 e. The van der Waals surface area contributed by atoms with Gasteiger partial charge in [-0.2, -0.15) is 4.31 Å². The Labute approximate surface area is 123 Å². The third-order valence-corrected chi connectivity index (χ3v) is 5.70. The van der Waals surface area contributed by atoms with Crippen molar-refractivity contribution in [1.29, 1.82) is 0 Å². The summed E-state index contributed by atoms with van der Waals surface area (Å²) in [7, 11) is -3.58. The maximum Gasteiger partial charge on any atom is 0.303 e.